The molecule has 5 nitrogen and oxygen atoms in total. The molecule has 0 heterocycles. The average molecular weight is 492 g/mol. The van der Waals surface area contributed by atoms with Crippen LogP contribution in [-0.4, -0.2) is 21.7 Å². The number of methoxy groups -OCH3 is 1. The Morgan fingerprint density at radius 3 is 2.30 bits per heavy atom. The molecule has 1 N–H and O–H groups in total. The molecule has 0 aromatic heterocycles. The summed E-state index contributed by atoms with van der Waals surface area (Å²) in [5.41, 5.74) is 2.01. The van der Waals surface area contributed by atoms with Crippen molar-refractivity contribution in [2.75, 3.05) is 11.8 Å². The molecule has 0 radical (unpaired) electrons. The first-order chi connectivity index (χ1) is 13.0. The maximum Gasteiger partial charge on any atom is 0.261 e. The van der Waals surface area contributed by atoms with Gasteiger partial charge in [0.05, 0.1) is 17.7 Å². The van der Waals surface area contributed by atoms with Crippen molar-refractivity contribution >= 4 is 50.2 Å². The monoisotopic (exact) mass is 492 g/mol. The van der Waals surface area contributed by atoms with E-state index in [-0.39, 0.29) is 4.90 Å². The second-order valence-electron chi connectivity index (χ2n) is 5.61. The van der Waals surface area contributed by atoms with Crippen molar-refractivity contribution in [1.82, 2.24) is 0 Å². The van der Waals surface area contributed by atoms with Crippen LogP contribution in [0.2, 0.25) is 0 Å². The Morgan fingerprint density at radius 1 is 0.963 bits per heavy atom. The molecule has 3 aromatic rings. The molecule has 3 rings (SSSR count). The molecule has 0 saturated carbocycles. The normalized spacial score (nSPS) is 11.5. The maximum atomic E-state index is 12.5. The highest BCUT2D eigenvalue weighted by Crippen LogP contribution is 2.21. The van der Waals surface area contributed by atoms with E-state index < -0.39 is 10.0 Å². The van der Waals surface area contributed by atoms with E-state index in [4.69, 9.17) is 4.74 Å². The number of anilines is 1. The van der Waals surface area contributed by atoms with Crippen LogP contribution < -0.4 is 9.46 Å². The number of rotatable bonds is 6. The van der Waals surface area contributed by atoms with Crippen LogP contribution >= 0.6 is 22.6 Å². The first kappa shape index (κ1) is 19.4. The molecule has 0 bridgehead atoms. The van der Waals surface area contributed by atoms with E-state index in [1.807, 2.05) is 36.4 Å². The number of hydrogen-bond donors (Lipinski definition) is 1. The van der Waals surface area contributed by atoms with Crippen molar-refractivity contribution in [2.24, 2.45) is 4.99 Å². The molecule has 0 fully saturated rings. The van der Waals surface area contributed by atoms with E-state index in [0.29, 0.717) is 11.4 Å². The number of sulfonamides is 1. The number of halogens is 1. The zero-order chi connectivity index (χ0) is 19.3. The highest BCUT2D eigenvalue weighted by atomic mass is 127. The van der Waals surface area contributed by atoms with Crippen molar-refractivity contribution < 1.29 is 13.2 Å². The number of hydrogen-bond acceptors (Lipinski definition) is 4. The Morgan fingerprint density at radius 2 is 1.63 bits per heavy atom. The Balaban J connectivity index is 1.76. The number of benzene rings is 3. The molecule has 0 aliphatic rings. The van der Waals surface area contributed by atoms with Gasteiger partial charge in [-0.15, -0.1) is 0 Å². The fraction of sp³-hybridized carbons (Fsp3) is 0.0500. The summed E-state index contributed by atoms with van der Waals surface area (Å²) in [7, 11) is -2.04. The summed E-state index contributed by atoms with van der Waals surface area (Å²) >= 11 is 2.17. The van der Waals surface area contributed by atoms with Gasteiger partial charge in [-0.1, -0.05) is 12.1 Å². The number of nitrogens with zero attached hydrogens (tertiary/aromatic N) is 1. The molecule has 0 aliphatic heterocycles. The van der Waals surface area contributed by atoms with Gasteiger partial charge in [-0.25, -0.2) is 8.42 Å². The number of para-hydroxylation sites is 1. The molecule has 0 saturated heterocycles. The summed E-state index contributed by atoms with van der Waals surface area (Å²) < 4.78 is 33.9. The summed E-state index contributed by atoms with van der Waals surface area (Å²) in [6.07, 6.45) is 1.69. The minimum atomic E-state index is -3.65. The topological polar surface area (TPSA) is 67.8 Å². The van der Waals surface area contributed by atoms with Crippen LogP contribution in [0, 0.1) is 3.57 Å². The summed E-state index contributed by atoms with van der Waals surface area (Å²) in [6, 6.07) is 21.1. The van der Waals surface area contributed by atoms with Crippen molar-refractivity contribution in [2.45, 2.75) is 4.90 Å². The Hall–Kier alpha value is -2.39. The van der Waals surface area contributed by atoms with Gasteiger partial charge in [0.25, 0.3) is 10.0 Å². The molecule has 0 atom stereocenters. The van der Waals surface area contributed by atoms with Crippen LogP contribution in [0.4, 0.5) is 11.4 Å². The smallest absolute Gasteiger partial charge is 0.261 e. The van der Waals surface area contributed by atoms with Gasteiger partial charge >= 0.3 is 0 Å². The second-order valence-corrected chi connectivity index (χ2v) is 8.53. The standard InChI is InChI=1S/C20H17IN2O3S/c1-26-20-5-3-2-4-15(20)14-22-17-10-12-19(13-11-17)27(24,25)23-18-8-6-16(21)7-9-18/h2-14,23H,1H3. The van der Waals surface area contributed by atoms with Crippen molar-refractivity contribution in [1.29, 1.82) is 0 Å². The molecule has 0 aliphatic carbocycles. The molecule has 0 amide bonds. The van der Waals surface area contributed by atoms with Crippen LogP contribution in [0.3, 0.4) is 0 Å². The minimum absolute atomic E-state index is 0.178. The maximum absolute atomic E-state index is 12.5. The number of nitrogens with one attached hydrogen (secondary N) is 1. The Labute approximate surface area is 172 Å². The zero-order valence-electron chi connectivity index (χ0n) is 14.5. The molecule has 7 heteroatoms. The quantitative estimate of drug-likeness (QED) is 0.395. The van der Waals surface area contributed by atoms with Crippen molar-refractivity contribution in [3.05, 3.63) is 81.9 Å². The van der Waals surface area contributed by atoms with E-state index in [0.717, 1.165) is 14.9 Å². The summed E-state index contributed by atoms with van der Waals surface area (Å²) in [4.78, 5) is 4.56. The Bertz CT molecular complexity index is 1050. The lowest BCUT2D eigenvalue weighted by molar-refractivity contribution is 0.414. The highest BCUT2D eigenvalue weighted by Gasteiger charge is 2.13. The first-order valence-electron chi connectivity index (χ1n) is 8.03. The van der Waals surface area contributed by atoms with Gasteiger partial charge in [-0.2, -0.15) is 0 Å². The predicted molar refractivity (Wildman–Crippen MR) is 117 cm³/mol. The van der Waals surface area contributed by atoms with Gasteiger partial charge in [-0.3, -0.25) is 9.71 Å². The molecule has 0 unspecified atom stereocenters. The summed E-state index contributed by atoms with van der Waals surface area (Å²) in [5.74, 6) is 0.724. The summed E-state index contributed by atoms with van der Waals surface area (Å²) in [5, 5.41) is 0. The van der Waals surface area contributed by atoms with Crippen molar-refractivity contribution in [3.8, 4) is 5.75 Å². The van der Waals surface area contributed by atoms with Gasteiger partial charge in [0.15, 0.2) is 0 Å². The lowest BCUT2D eigenvalue weighted by atomic mass is 10.2. The second kappa shape index (κ2) is 8.53. The largest absolute Gasteiger partial charge is 0.496 e. The molecule has 138 valence electrons. The van der Waals surface area contributed by atoms with Crippen LogP contribution in [0.1, 0.15) is 5.56 Å². The average Bonchev–Trinajstić information content (AvgIpc) is 2.68. The summed E-state index contributed by atoms with van der Waals surface area (Å²) in [6.45, 7) is 0. The van der Waals surface area contributed by atoms with E-state index in [1.54, 1.807) is 37.6 Å². The van der Waals surface area contributed by atoms with Crippen LogP contribution in [-0.2, 0) is 10.0 Å². The lowest BCUT2D eigenvalue weighted by Gasteiger charge is -2.08. The highest BCUT2D eigenvalue weighted by molar-refractivity contribution is 14.1. The zero-order valence-corrected chi connectivity index (χ0v) is 17.4. The third kappa shape index (κ3) is 5.08. The molecule has 27 heavy (non-hydrogen) atoms. The van der Waals surface area contributed by atoms with Gasteiger partial charge in [0, 0.05) is 21.0 Å². The molecule has 3 aromatic carbocycles. The number of ether oxygens (including phenoxy) is 1. The van der Waals surface area contributed by atoms with Crippen LogP contribution in [0.15, 0.2) is 82.7 Å². The molecule has 0 spiro atoms. The fourth-order valence-electron chi connectivity index (χ4n) is 2.36. The predicted octanol–water partition coefficient (Wildman–Crippen LogP) is 4.85. The third-order valence-corrected chi connectivity index (χ3v) is 5.85. The van der Waals surface area contributed by atoms with E-state index in [2.05, 4.69) is 32.3 Å². The minimum Gasteiger partial charge on any atom is -0.496 e. The fourth-order valence-corrected chi connectivity index (χ4v) is 3.78. The number of aliphatic imine (C=N–C) groups is 1. The van der Waals surface area contributed by atoms with Gasteiger partial charge < -0.3 is 4.74 Å². The molecular formula is C20H17IN2O3S. The van der Waals surface area contributed by atoms with Gasteiger partial charge in [-0.05, 0) is 83.3 Å². The van der Waals surface area contributed by atoms with Crippen LogP contribution in [0.5, 0.6) is 5.75 Å². The SMILES string of the molecule is COc1ccccc1C=Nc1ccc(S(=O)(=O)Nc2ccc(I)cc2)cc1. The van der Waals surface area contributed by atoms with E-state index in [1.165, 1.54) is 12.1 Å². The van der Waals surface area contributed by atoms with E-state index in [9.17, 15) is 8.42 Å². The van der Waals surface area contributed by atoms with E-state index >= 15 is 0 Å². The Kier molecular flexibility index (Phi) is 6.12. The van der Waals surface area contributed by atoms with Gasteiger partial charge in [0.1, 0.15) is 5.75 Å². The van der Waals surface area contributed by atoms with Crippen LogP contribution in [0.25, 0.3) is 0 Å². The first-order valence-corrected chi connectivity index (χ1v) is 10.6. The molecular weight excluding hydrogens is 475 g/mol. The van der Waals surface area contributed by atoms with Gasteiger partial charge in [0.2, 0.25) is 0 Å². The third-order valence-electron chi connectivity index (χ3n) is 3.74. The van der Waals surface area contributed by atoms with Crippen molar-refractivity contribution in [3.63, 3.8) is 0 Å². The lowest BCUT2D eigenvalue weighted by Crippen LogP contribution is -2.12.